The maximum absolute atomic E-state index is 13.9. The van der Waals surface area contributed by atoms with E-state index in [1.54, 1.807) is 24.3 Å². The van der Waals surface area contributed by atoms with Crippen LogP contribution in [0.25, 0.3) is 0 Å². The van der Waals surface area contributed by atoms with Crippen molar-refractivity contribution in [3.05, 3.63) is 93.2 Å². The summed E-state index contributed by atoms with van der Waals surface area (Å²) < 4.78 is 20.0. The molecule has 0 spiro atoms. The van der Waals surface area contributed by atoms with Crippen LogP contribution in [0.5, 0.6) is 5.75 Å². The van der Waals surface area contributed by atoms with E-state index in [1.807, 2.05) is 31.2 Å². The van der Waals surface area contributed by atoms with Gasteiger partial charge in [0.2, 0.25) is 0 Å². The van der Waals surface area contributed by atoms with E-state index in [-0.39, 0.29) is 23.6 Å². The molecule has 3 aromatic carbocycles. The van der Waals surface area contributed by atoms with Gasteiger partial charge in [0.05, 0.1) is 27.9 Å². The van der Waals surface area contributed by atoms with Crippen molar-refractivity contribution >= 4 is 39.6 Å². The Bertz CT molecular complexity index is 1250. The first-order valence-corrected chi connectivity index (χ1v) is 10.5. The van der Waals surface area contributed by atoms with Gasteiger partial charge in [-0.05, 0) is 76.9 Å². The molecule has 0 aliphatic heterocycles. The Balaban J connectivity index is 1.54. The van der Waals surface area contributed by atoms with Crippen molar-refractivity contribution in [3.63, 3.8) is 0 Å². The molecule has 0 aromatic heterocycles. The summed E-state index contributed by atoms with van der Waals surface area (Å²) in [7, 11) is 0. The first kappa shape index (κ1) is 23.6. The number of hydrazone groups is 1. The zero-order valence-corrected chi connectivity index (χ0v) is 19.0. The molecule has 0 saturated carbocycles. The lowest BCUT2D eigenvalue weighted by Crippen LogP contribution is -2.20. The predicted octanol–water partition coefficient (Wildman–Crippen LogP) is 4.55. The van der Waals surface area contributed by atoms with E-state index in [0.29, 0.717) is 21.5 Å². The molecular formula is C24H18BrFN4O3. The van der Waals surface area contributed by atoms with Gasteiger partial charge in [-0.25, -0.2) is 9.82 Å². The Kier molecular flexibility index (Phi) is 7.89. The van der Waals surface area contributed by atoms with Gasteiger partial charge in [0.1, 0.15) is 11.6 Å². The molecule has 0 fully saturated rings. The van der Waals surface area contributed by atoms with Gasteiger partial charge in [-0.3, -0.25) is 9.59 Å². The van der Waals surface area contributed by atoms with Crippen LogP contribution < -0.4 is 15.5 Å². The van der Waals surface area contributed by atoms with Gasteiger partial charge in [-0.2, -0.15) is 10.4 Å². The number of carbonyl (C=O) groups excluding carboxylic acids is 2. The molecule has 0 aliphatic rings. The molecule has 3 aromatic rings. The second-order valence-corrected chi connectivity index (χ2v) is 7.75. The maximum atomic E-state index is 13.9. The molecule has 0 bridgehead atoms. The van der Waals surface area contributed by atoms with Crippen LogP contribution in [0.1, 0.15) is 27.0 Å². The standard InChI is InChI=1S/C24H18BrFN4O3/c1-15-2-6-18(7-3-15)29-23(31)14-33-22-9-5-17(10-20(22)25)13-28-30-24(32)19-8-4-16(12-27)11-21(19)26/h2-11,13H,14H2,1H3,(H,29,31)(H,30,32)/b28-13-. The third kappa shape index (κ3) is 6.72. The Hall–Kier alpha value is -4.03. The average Bonchev–Trinajstić information content (AvgIpc) is 2.79. The van der Waals surface area contributed by atoms with Crippen LogP contribution in [0.3, 0.4) is 0 Å². The molecule has 7 nitrogen and oxygen atoms in total. The number of carbonyl (C=O) groups is 2. The number of hydrogen-bond acceptors (Lipinski definition) is 5. The highest BCUT2D eigenvalue weighted by molar-refractivity contribution is 9.10. The van der Waals surface area contributed by atoms with E-state index in [1.165, 1.54) is 18.3 Å². The second kappa shape index (κ2) is 11.0. The fraction of sp³-hybridized carbons (Fsp3) is 0.0833. The lowest BCUT2D eigenvalue weighted by Gasteiger charge is -2.09. The summed E-state index contributed by atoms with van der Waals surface area (Å²) in [6.07, 6.45) is 1.37. The highest BCUT2D eigenvalue weighted by atomic mass is 79.9. The van der Waals surface area contributed by atoms with Gasteiger partial charge in [-0.1, -0.05) is 17.7 Å². The Labute approximate surface area is 198 Å². The lowest BCUT2D eigenvalue weighted by atomic mass is 10.1. The van der Waals surface area contributed by atoms with Crippen LogP contribution in [0.2, 0.25) is 0 Å². The molecule has 33 heavy (non-hydrogen) atoms. The van der Waals surface area contributed by atoms with E-state index in [9.17, 15) is 14.0 Å². The predicted molar refractivity (Wildman–Crippen MR) is 126 cm³/mol. The average molecular weight is 509 g/mol. The summed E-state index contributed by atoms with van der Waals surface area (Å²) in [5.41, 5.74) is 4.53. The summed E-state index contributed by atoms with van der Waals surface area (Å²) in [6.45, 7) is 1.79. The number of rotatable bonds is 7. The summed E-state index contributed by atoms with van der Waals surface area (Å²) in [5, 5.41) is 15.3. The highest BCUT2D eigenvalue weighted by Crippen LogP contribution is 2.25. The molecule has 0 aliphatic carbocycles. The number of nitrogens with one attached hydrogen (secondary N) is 2. The first-order valence-electron chi connectivity index (χ1n) is 9.67. The molecule has 3 rings (SSSR count). The highest BCUT2D eigenvalue weighted by Gasteiger charge is 2.11. The molecule has 0 unspecified atom stereocenters. The Morgan fingerprint density at radius 3 is 2.58 bits per heavy atom. The van der Waals surface area contributed by atoms with E-state index >= 15 is 0 Å². The van der Waals surface area contributed by atoms with E-state index in [4.69, 9.17) is 10.00 Å². The summed E-state index contributed by atoms with van der Waals surface area (Å²) in [5.74, 6) is -1.40. The quantitative estimate of drug-likeness (QED) is 0.360. The SMILES string of the molecule is Cc1ccc(NC(=O)COc2ccc(/C=N\NC(=O)c3ccc(C#N)cc3F)cc2Br)cc1. The Morgan fingerprint density at radius 2 is 1.91 bits per heavy atom. The number of nitriles is 1. The van der Waals surface area contributed by atoms with Crippen LogP contribution >= 0.6 is 15.9 Å². The van der Waals surface area contributed by atoms with E-state index in [0.717, 1.165) is 11.6 Å². The topological polar surface area (TPSA) is 104 Å². The van der Waals surface area contributed by atoms with Gasteiger partial charge < -0.3 is 10.1 Å². The number of nitrogens with zero attached hydrogens (tertiary/aromatic N) is 2. The van der Waals surface area contributed by atoms with Crippen molar-refractivity contribution in [2.45, 2.75) is 6.92 Å². The second-order valence-electron chi connectivity index (χ2n) is 6.90. The van der Waals surface area contributed by atoms with Crippen molar-refractivity contribution in [2.75, 3.05) is 11.9 Å². The van der Waals surface area contributed by atoms with E-state index in [2.05, 4.69) is 31.8 Å². The van der Waals surface area contributed by atoms with Crippen molar-refractivity contribution in [1.82, 2.24) is 5.43 Å². The molecule has 0 atom stereocenters. The van der Waals surface area contributed by atoms with Crippen molar-refractivity contribution < 1.29 is 18.7 Å². The molecule has 9 heteroatoms. The maximum Gasteiger partial charge on any atom is 0.274 e. The number of amides is 2. The number of ether oxygens (including phenoxy) is 1. The number of hydrogen-bond donors (Lipinski definition) is 2. The van der Waals surface area contributed by atoms with Crippen molar-refractivity contribution in [3.8, 4) is 11.8 Å². The largest absolute Gasteiger partial charge is 0.483 e. The van der Waals surface area contributed by atoms with Gasteiger partial charge in [-0.15, -0.1) is 0 Å². The summed E-state index contributed by atoms with van der Waals surface area (Å²) in [6, 6.07) is 17.8. The van der Waals surface area contributed by atoms with Crippen LogP contribution in [0, 0.1) is 24.1 Å². The summed E-state index contributed by atoms with van der Waals surface area (Å²) in [4.78, 5) is 24.1. The fourth-order valence-electron chi connectivity index (χ4n) is 2.69. The van der Waals surface area contributed by atoms with Crippen molar-refractivity contribution in [1.29, 1.82) is 5.26 Å². The van der Waals surface area contributed by atoms with Gasteiger partial charge in [0, 0.05) is 5.69 Å². The van der Waals surface area contributed by atoms with Gasteiger partial charge in [0.25, 0.3) is 11.8 Å². The Morgan fingerprint density at radius 1 is 1.15 bits per heavy atom. The number of halogens is 2. The number of aryl methyl sites for hydroxylation is 1. The fourth-order valence-corrected chi connectivity index (χ4v) is 3.20. The molecule has 0 radical (unpaired) electrons. The molecule has 166 valence electrons. The first-order chi connectivity index (χ1) is 15.9. The number of benzene rings is 3. The smallest absolute Gasteiger partial charge is 0.274 e. The van der Waals surface area contributed by atoms with Crippen LogP contribution in [0.4, 0.5) is 10.1 Å². The van der Waals surface area contributed by atoms with Crippen LogP contribution in [-0.2, 0) is 4.79 Å². The zero-order chi connectivity index (χ0) is 23.8. The van der Waals surface area contributed by atoms with Crippen LogP contribution in [0.15, 0.2) is 70.2 Å². The van der Waals surface area contributed by atoms with Gasteiger partial charge >= 0.3 is 0 Å². The van der Waals surface area contributed by atoms with Crippen molar-refractivity contribution in [2.24, 2.45) is 5.10 Å². The normalized spacial score (nSPS) is 10.5. The van der Waals surface area contributed by atoms with Crippen LogP contribution in [-0.4, -0.2) is 24.6 Å². The number of anilines is 1. The molecule has 0 saturated heterocycles. The minimum Gasteiger partial charge on any atom is -0.483 e. The third-order valence-electron chi connectivity index (χ3n) is 4.37. The zero-order valence-electron chi connectivity index (χ0n) is 17.4. The molecule has 2 amide bonds. The summed E-state index contributed by atoms with van der Waals surface area (Å²) >= 11 is 3.37. The molecular weight excluding hydrogens is 491 g/mol. The third-order valence-corrected chi connectivity index (χ3v) is 4.99. The van der Waals surface area contributed by atoms with E-state index < -0.39 is 11.7 Å². The minimum absolute atomic E-state index is 0.118. The molecule has 2 N–H and O–H groups in total. The minimum atomic E-state index is -0.808. The van der Waals surface area contributed by atoms with Gasteiger partial charge in [0.15, 0.2) is 6.61 Å². The molecule has 0 heterocycles. The monoisotopic (exact) mass is 508 g/mol. The lowest BCUT2D eigenvalue weighted by molar-refractivity contribution is -0.118.